The van der Waals surface area contributed by atoms with Gasteiger partial charge in [-0.1, -0.05) is 0 Å². The van der Waals surface area contributed by atoms with Crippen LogP contribution in [-0.4, -0.2) is 16.3 Å². The van der Waals surface area contributed by atoms with Crippen molar-refractivity contribution in [3.63, 3.8) is 0 Å². The molecule has 0 aliphatic heterocycles. The van der Waals surface area contributed by atoms with Gasteiger partial charge >= 0.3 is 0 Å². The third kappa shape index (κ3) is 2.22. The first kappa shape index (κ1) is 11.6. The summed E-state index contributed by atoms with van der Waals surface area (Å²) in [5.74, 6) is 1.35. The lowest BCUT2D eigenvalue weighted by Gasteiger charge is -2.13. The van der Waals surface area contributed by atoms with Crippen LogP contribution in [-0.2, 0) is 0 Å². The zero-order valence-corrected chi connectivity index (χ0v) is 11.6. The summed E-state index contributed by atoms with van der Waals surface area (Å²) < 4.78 is 6.94. The number of hydrogen-bond acceptors (Lipinski definition) is 3. The molecule has 3 rings (SSSR count). The number of benzene rings is 1. The fourth-order valence-electron chi connectivity index (χ4n) is 1.88. The Labute approximate surface area is 114 Å². The molecule has 0 radical (unpaired) electrons. The molecule has 1 aliphatic rings. The first-order chi connectivity index (χ1) is 8.63. The summed E-state index contributed by atoms with van der Waals surface area (Å²) in [7, 11) is 0. The molecule has 94 valence electrons. The summed E-state index contributed by atoms with van der Waals surface area (Å²) in [4.78, 5) is 0. The first-order valence-electron chi connectivity index (χ1n) is 5.91. The van der Waals surface area contributed by atoms with Crippen LogP contribution in [0, 0.1) is 6.92 Å². The van der Waals surface area contributed by atoms with Gasteiger partial charge in [0.25, 0.3) is 0 Å². The number of nitrogens with two attached hydrogens (primary N) is 1. The molecule has 3 N–H and O–H groups in total. The Kier molecular flexibility index (Phi) is 2.78. The van der Waals surface area contributed by atoms with Crippen molar-refractivity contribution < 1.29 is 4.74 Å². The average Bonchev–Trinajstić information content (AvgIpc) is 3.03. The molecule has 0 unspecified atom stereocenters. The molecule has 1 fully saturated rings. The maximum Gasteiger partial charge on any atom is 0.145 e. The predicted molar refractivity (Wildman–Crippen MR) is 74.5 cm³/mol. The average molecular weight is 308 g/mol. The molecule has 2 aromatic rings. The van der Waals surface area contributed by atoms with E-state index in [-0.39, 0.29) is 0 Å². The third-order valence-electron chi connectivity index (χ3n) is 2.88. The van der Waals surface area contributed by atoms with Crippen LogP contribution in [0.4, 0.5) is 5.82 Å². The van der Waals surface area contributed by atoms with E-state index in [4.69, 9.17) is 10.5 Å². The van der Waals surface area contributed by atoms with Crippen molar-refractivity contribution >= 4 is 21.7 Å². The molecule has 1 saturated carbocycles. The second-order valence-electron chi connectivity index (χ2n) is 4.65. The number of H-pyrrole nitrogens is 1. The van der Waals surface area contributed by atoms with E-state index >= 15 is 0 Å². The zero-order valence-electron chi connectivity index (χ0n) is 10.0. The number of aryl methyl sites for hydroxylation is 1. The van der Waals surface area contributed by atoms with Gasteiger partial charge in [-0.15, -0.1) is 0 Å². The Bertz CT molecular complexity index is 590. The van der Waals surface area contributed by atoms with E-state index in [1.54, 1.807) is 0 Å². The number of nitrogens with one attached hydrogen (secondary N) is 1. The number of hydrogen-bond donors (Lipinski definition) is 2. The topological polar surface area (TPSA) is 63.9 Å². The summed E-state index contributed by atoms with van der Waals surface area (Å²) in [6, 6.07) is 5.96. The summed E-state index contributed by atoms with van der Waals surface area (Å²) in [5.41, 5.74) is 8.70. The fourth-order valence-corrected chi connectivity index (χ4v) is 2.54. The first-order valence-corrected chi connectivity index (χ1v) is 6.71. The molecular formula is C13H14BrN3O. The Morgan fingerprint density at radius 3 is 2.78 bits per heavy atom. The number of aromatic nitrogens is 2. The number of halogens is 1. The largest absolute Gasteiger partial charge is 0.489 e. The highest BCUT2D eigenvalue weighted by atomic mass is 79.9. The van der Waals surface area contributed by atoms with Crippen LogP contribution in [0.1, 0.15) is 18.4 Å². The van der Waals surface area contributed by atoms with E-state index < -0.39 is 0 Å². The number of ether oxygens (including phenoxy) is 1. The van der Waals surface area contributed by atoms with Crippen LogP contribution in [0.2, 0.25) is 0 Å². The van der Waals surface area contributed by atoms with Crippen molar-refractivity contribution in [1.29, 1.82) is 0 Å². The van der Waals surface area contributed by atoms with Gasteiger partial charge in [-0.2, -0.15) is 5.10 Å². The van der Waals surface area contributed by atoms with Crippen LogP contribution < -0.4 is 10.5 Å². The van der Waals surface area contributed by atoms with Gasteiger partial charge in [-0.25, -0.2) is 0 Å². The number of anilines is 1. The number of nitrogens with zero attached hydrogens (tertiary/aromatic N) is 1. The van der Waals surface area contributed by atoms with Crippen LogP contribution in [0.15, 0.2) is 22.7 Å². The van der Waals surface area contributed by atoms with Gasteiger partial charge < -0.3 is 10.5 Å². The van der Waals surface area contributed by atoms with Crippen molar-refractivity contribution in [2.75, 3.05) is 5.73 Å². The van der Waals surface area contributed by atoms with Crippen molar-refractivity contribution in [1.82, 2.24) is 10.2 Å². The maximum absolute atomic E-state index is 5.97. The van der Waals surface area contributed by atoms with E-state index in [1.165, 1.54) is 0 Å². The molecule has 0 atom stereocenters. The van der Waals surface area contributed by atoms with Gasteiger partial charge in [0.2, 0.25) is 0 Å². The summed E-state index contributed by atoms with van der Waals surface area (Å²) >= 11 is 3.57. The van der Waals surface area contributed by atoms with E-state index in [0.29, 0.717) is 11.9 Å². The van der Waals surface area contributed by atoms with Crippen molar-refractivity contribution in [2.45, 2.75) is 25.9 Å². The minimum Gasteiger partial charge on any atom is -0.489 e. The SMILES string of the molecule is Cc1cc(Br)c(OC2CC2)c(-c2cc(N)n[nH]2)c1. The molecule has 0 bridgehead atoms. The third-order valence-corrected chi connectivity index (χ3v) is 3.47. The van der Waals surface area contributed by atoms with Crippen LogP contribution in [0.3, 0.4) is 0 Å². The monoisotopic (exact) mass is 307 g/mol. The Balaban J connectivity index is 2.09. The van der Waals surface area contributed by atoms with E-state index in [2.05, 4.69) is 45.2 Å². The zero-order chi connectivity index (χ0) is 12.7. The highest BCUT2D eigenvalue weighted by Gasteiger charge is 2.26. The fraction of sp³-hybridized carbons (Fsp3) is 0.308. The molecule has 4 nitrogen and oxygen atoms in total. The minimum atomic E-state index is 0.350. The molecule has 1 aromatic carbocycles. The van der Waals surface area contributed by atoms with Gasteiger partial charge in [-0.3, -0.25) is 5.10 Å². The van der Waals surface area contributed by atoms with E-state index in [1.807, 2.05) is 6.07 Å². The lowest BCUT2D eigenvalue weighted by Crippen LogP contribution is -1.99. The molecule has 1 heterocycles. The molecule has 5 heteroatoms. The lowest BCUT2D eigenvalue weighted by molar-refractivity contribution is 0.302. The van der Waals surface area contributed by atoms with E-state index in [0.717, 1.165) is 39.9 Å². The maximum atomic E-state index is 5.97. The minimum absolute atomic E-state index is 0.350. The number of aromatic amines is 1. The van der Waals surface area contributed by atoms with Gasteiger partial charge in [0.05, 0.1) is 16.3 Å². The molecule has 0 spiro atoms. The number of nitrogen functional groups attached to an aromatic ring is 1. The quantitative estimate of drug-likeness (QED) is 0.914. The smallest absolute Gasteiger partial charge is 0.145 e. The van der Waals surface area contributed by atoms with Gasteiger partial charge in [-0.05, 0) is 53.4 Å². The molecule has 1 aromatic heterocycles. The summed E-state index contributed by atoms with van der Waals surface area (Å²) in [6.45, 7) is 2.05. The molecule has 18 heavy (non-hydrogen) atoms. The Morgan fingerprint density at radius 1 is 1.39 bits per heavy atom. The van der Waals surface area contributed by atoms with Crippen molar-refractivity contribution in [3.05, 3.63) is 28.2 Å². The van der Waals surface area contributed by atoms with Gasteiger partial charge in [0.1, 0.15) is 11.6 Å². The number of rotatable bonds is 3. The molecule has 0 saturated heterocycles. The van der Waals surface area contributed by atoms with Crippen molar-refractivity contribution in [2.24, 2.45) is 0 Å². The molecule has 1 aliphatic carbocycles. The van der Waals surface area contributed by atoms with Gasteiger partial charge in [0.15, 0.2) is 0 Å². The molecule has 0 amide bonds. The van der Waals surface area contributed by atoms with Crippen LogP contribution in [0.25, 0.3) is 11.3 Å². The highest BCUT2D eigenvalue weighted by Crippen LogP contribution is 2.40. The lowest BCUT2D eigenvalue weighted by atomic mass is 10.1. The van der Waals surface area contributed by atoms with Crippen molar-refractivity contribution in [3.8, 4) is 17.0 Å². The predicted octanol–water partition coefficient (Wildman–Crippen LogP) is 3.27. The second kappa shape index (κ2) is 4.31. The Morgan fingerprint density at radius 2 is 2.17 bits per heavy atom. The summed E-state index contributed by atoms with van der Waals surface area (Å²) in [6.07, 6.45) is 2.61. The summed E-state index contributed by atoms with van der Waals surface area (Å²) in [5, 5.41) is 6.90. The highest BCUT2D eigenvalue weighted by molar-refractivity contribution is 9.10. The Hall–Kier alpha value is -1.49. The van der Waals surface area contributed by atoms with E-state index in [9.17, 15) is 0 Å². The standard InChI is InChI=1S/C13H14BrN3O/c1-7-4-9(11-6-12(15)17-16-11)13(10(14)5-7)18-8-2-3-8/h4-6,8H,2-3H2,1H3,(H3,15,16,17). The van der Waals surface area contributed by atoms with Gasteiger partial charge in [0, 0.05) is 11.6 Å². The van der Waals surface area contributed by atoms with Crippen LogP contribution in [0.5, 0.6) is 5.75 Å². The molecular weight excluding hydrogens is 294 g/mol. The van der Waals surface area contributed by atoms with Crippen LogP contribution >= 0.6 is 15.9 Å². The second-order valence-corrected chi connectivity index (χ2v) is 5.50. The normalized spacial score (nSPS) is 14.8.